The first-order valence-corrected chi connectivity index (χ1v) is 9.33. The van der Waals surface area contributed by atoms with Gasteiger partial charge in [0, 0.05) is 43.3 Å². The van der Waals surface area contributed by atoms with Crippen molar-refractivity contribution in [2.45, 2.75) is 25.8 Å². The van der Waals surface area contributed by atoms with Crippen LogP contribution >= 0.6 is 11.6 Å². The van der Waals surface area contributed by atoms with Crippen LogP contribution < -0.4 is 16.0 Å². The average Bonchev–Trinajstić information content (AvgIpc) is 3.22. The van der Waals surface area contributed by atoms with Crippen LogP contribution in [0, 0.1) is 5.92 Å². The van der Waals surface area contributed by atoms with Crippen molar-refractivity contribution in [3.05, 3.63) is 46.7 Å². The van der Waals surface area contributed by atoms with Gasteiger partial charge in [-0.2, -0.15) is 5.10 Å². The summed E-state index contributed by atoms with van der Waals surface area (Å²) in [6, 6.07) is 4.87. The molecule has 0 spiro atoms. The van der Waals surface area contributed by atoms with E-state index in [0.29, 0.717) is 29.4 Å². The Balaban J connectivity index is 1.81. The molecule has 2 atom stereocenters. The third kappa shape index (κ3) is 4.48. The number of hydrogen-bond donors (Lipinski definition) is 3. The van der Waals surface area contributed by atoms with Gasteiger partial charge in [-0.15, -0.1) is 0 Å². The van der Waals surface area contributed by atoms with Gasteiger partial charge in [0.1, 0.15) is 0 Å². The molecule has 0 radical (unpaired) electrons. The van der Waals surface area contributed by atoms with E-state index in [1.807, 2.05) is 27.1 Å². The maximum Gasteiger partial charge on any atom is 0.253 e. The number of rotatable bonds is 5. The summed E-state index contributed by atoms with van der Waals surface area (Å²) in [7, 11) is 1.85. The molecule has 3 rings (SSSR count). The highest BCUT2D eigenvalue weighted by molar-refractivity contribution is 6.31. The number of aryl methyl sites for hydroxylation is 1. The van der Waals surface area contributed by atoms with E-state index in [4.69, 9.17) is 11.6 Å². The summed E-state index contributed by atoms with van der Waals surface area (Å²) in [4.78, 5) is 25.4. The molecule has 0 saturated carbocycles. The van der Waals surface area contributed by atoms with Crippen LogP contribution in [0.2, 0.25) is 5.02 Å². The summed E-state index contributed by atoms with van der Waals surface area (Å²) in [5.41, 5.74) is 1.83. The number of nitrogens with zero attached hydrogens (tertiary/aromatic N) is 2. The van der Waals surface area contributed by atoms with Crippen LogP contribution in [-0.4, -0.2) is 40.7 Å². The van der Waals surface area contributed by atoms with Crippen molar-refractivity contribution in [3.63, 3.8) is 0 Å². The molecule has 2 amide bonds. The molecule has 1 aromatic carbocycles. The van der Waals surface area contributed by atoms with Gasteiger partial charge >= 0.3 is 0 Å². The molecular formula is C19H24ClN5O2. The topological polar surface area (TPSA) is 88.1 Å². The van der Waals surface area contributed by atoms with Crippen molar-refractivity contribution < 1.29 is 9.59 Å². The number of benzene rings is 1. The number of nitrogens with one attached hydrogen (secondary N) is 3. The quantitative estimate of drug-likeness (QED) is 0.731. The van der Waals surface area contributed by atoms with Gasteiger partial charge in [-0.3, -0.25) is 14.3 Å². The predicted octanol–water partition coefficient (Wildman–Crippen LogP) is 2.15. The van der Waals surface area contributed by atoms with Crippen LogP contribution in [0.15, 0.2) is 30.6 Å². The van der Waals surface area contributed by atoms with E-state index in [2.05, 4.69) is 21.0 Å². The van der Waals surface area contributed by atoms with E-state index in [1.54, 1.807) is 29.1 Å². The second-order valence-electron chi connectivity index (χ2n) is 7.13. The molecule has 2 aromatic rings. The van der Waals surface area contributed by atoms with Crippen LogP contribution in [0.3, 0.4) is 0 Å². The number of carbonyl (C=O) groups is 2. The van der Waals surface area contributed by atoms with Gasteiger partial charge in [0.15, 0.2) is 0 Å². The Bertz CT molecular complexity index is 848. The van der Waals surface area contributed by atoms with Gasteiger partial charge in [0.05, 0.1) is 23.4 Å². The maximum atomic E-state index is 13.0. The largest absolute Gasteiger partial charge is 0.350 e. The van der Waals surface area contributed by atoms with Crippen molar-refractivity contribution in [2.75, 3.05) is 18.4 Å². The Kier molecular flexibility index (Phi) is 5.82. The third-order valence-electron chi connectivity index (χ3n) is 4.61. The fourth-order valence-electron chi connectivity index (χ4n) is 3.32. The summed E-state index contributed by atoms with van der Waals surface area (Å²) in [6.45, 7) is 5.04. The molecule has 8 heteroatoms. The number of carbonyl (C=O) groups excluding carboxylic acids is 2. The second kappa shape index (κ2) is 8.10. The zero-order valence-corrected chi connectivity index (χ0v) is 16.4. The van der Waals surface area contributed by atoms with E-state index < -0.39 is 0 Å². The van der Waals surface area contributed by atoms with E-state index in [-0.39, 0.29) is 29.7 Å². The molecule has 1 fully saturated rings. The molecule has 0 aliphatic carbocycles. The lowest BCUT2D eigenvalue weighted by Crippen LogP contribution is -2.32. The summed E-state index contributed by atoms with van der Waals surface area (Å²) >= 11 is 6.09. The van der Waals surface area contributed by atoms with Crippen LogP contribution in [0.25, 0.3) is 0 Å². The minimum atomic E-state index is -0.255. The standard InChI is InChI=1S/C19H24ClN5O2/c1-11(2)23-18(26)14-5-4-13(20)6-17(14)24-19(27)16-9-21-8-15(16)12-7-22-25(3)10-12/h4-7,10-11,15-16,21H,8-9H2,1-3H3,(H,23,26)(H,24,27)/t15-,16+/m1/s1. The van der Waals surface area contributed by atoms with Gasteiger partial charge in [-0.1, -0.05) is 11.6 Å². The fraction of sp³-hybridized carbons (Fsp3) is 0.421. The van der Waals surface area contributed by atoms with Crippen molar-refractivity contribution in [2.24, 2.45) is 13.0 Å². The molecule has 1 saturated heterocycles. The Hall–Kier alpha value is -2.38. The highest BCUT2D eigenvalue weighted by atomic mass is 35.5. The van der Waals surface area contributed by atoms with Crippen molar-refractivity contribution in [1.82, 2.24) is 20.4 Å². The summed E-state index contributed by atoms with van der Waals surface area (Å²) in [5, 5.41) is 13.7. The SMILES string of the molecule is CC(C)NC(=O)c1ccc(Cl)cc1NC(=O)[C@H]1CNC[C@@H]1c1cnn(C)c1. The molecule has 7 nitrogen and oxygen atoms in total. The van der Waals surface area contributed by atoms with Gasteiger partial charge in [0.2, 0.25) is 5.91 Å². The van der Waals surface area contributed by atoms with Crippen molar-refractivity contribution in [1.29, 1.82) is 0 Å². The number of hydrogen-bond acceptors (Lipinski definition) is 4. The van der Waals surface area contributed by atoms with Crippen molar-refractivity contribution >= 4 is 29.1 Å². The second-order valence-corrected chi connectivity index (χ2v) is 7.56. The van der Waals surface area contributed by atoms with Gasteiger partial charge in [-0.05, 0) is 37.6 Å². The van der Waals surface area contributed by atoms with Crippen LogP contribution in [0.4, 0.5) is 5.69 Å². The van der Waals surface area contributed by atoms with Crippen LogP contribution in [0.5, 0.6) is 0 Å². The minimum absolute atomic E-state index is 0.00859. The maximum absolute atomic E-state index is 13.0. The molecule has 3 N–H and O–H groups in total. The Morgan fingerprint density at radius 2 is 2.11 bits per heavy atom. The molecule has 0 unspecified atom stereocenters. The van der Waals surface area contributed by atoms with Crippen LogP contribution in [-0.2, 0) is 11.8 Å². The molecule has 1 aromatic heterocycles. The zero-order valence-electron chi connectivity index (χ0n) is 15.6. The molecule has 0 bridgehead atoms. The molecule has 27 heavy (non-hydrogen) atoms. The first kappa shape index (κ1) is 19.4. The molecule has 1 aliphatic heterocycles. The highest BCUT2D eigenvalue weighted by Crippen LogP contribution is 2.30. The highest BCUT2D eigenvalue weighted by Gasteiger charge is 2.35. The number of amides is 2. The van der Waals surface area contributed by atoms with E-state index >= 15 is 0 Å². The lowest BCUT2D eigenvalue weighted by molar-refractivity contribution is -0.119. The summed E-state index contributed by atoms with van der Waals surface area (Å²) < 4.78 is 1.73. The molecular weight excluding hydrogens is 366 g/mol. The Morgan fingerprint density at radius 1 is 1.33 bits per heavy atom. The molecule has 1 aliphatic rings. The van der Waals surface area contributed by atoms with E-state index in [9.17, 15) is 9.59 Å². The monoisotopic (exact) mass is 389 g/mol. The van der Waals surface area contributed by atoms with Crippen LogP contribution in [0.1, 0.15) is 35.7 Å². The lowest BCUT2D eigenvalue weighted by atomic mass is 9.90. The minimum Gasteiger partial charge on any atom is -0.350 e. The van der Waals surface area contributed by atoms with E-state index in [0.717, 1.165) is 5.56 Å². The normalized spacial score (nSPS) is 19.3. The van der Waals surface area contributed by atoms with Gasteiger partial charge < -0.3 is 16.0 Å². The fourth-order valence-corrected chi connectivity index (χ4v) is 3.49. The average molecular weight is 390 g/mol. The summed E-state index contributed by atoms with van der Waals surface area (Å²) in [6.07, 6.45) is 3.72. The number of halogens is 1. The Labute approximate surface area is 163 Å². The smallest absolute Gasteiger partial charge is 0.253 e. The van der Waals surface area contributed by atoms with Crippen molar-refractivity contribution in [3.8, 4) is 0 Å². The first-order chi connectivity index (χ1) is 12.8. The predicted molar refractivity (Wildman–Crippen MR) is 105 cm³/mol. The number of anilines is 1. The molecule has 2 heterocycles. The lowest BCUT2D eigenvalue weighted by Gasteiger charge is -2.19. The summed E-state index contributed by atoms with van der Waals surface area (Å²) in [5.74, 6) is -0.611. The van der Waals surface area contributed by atoms with Gasteiger partial charge in [-0.25, -0.2) is 0 Å². The van der Waals surface area contributed by atoms with Gasteiger partial charge in [0.25, 0.3) is 5.91 Å². The van der Waals surface area contributed by atoms with E-state index in [1.165, 1.54) is 0 Å². The molecule has 144 valence electrons. The first-order valence-electron chi connectivity index (χ1n) is 8.95. The Morgan fingerprint density at radius 3 is 2.78 bits per heavy atom. The zero-order chi connectivity index (χ0) is 19.6. The third-order valence-corrected chi connectivity index (χ3v) is 4.84. The number of aromatic nitrogens is 2.